The van der Waals surface area contributed by atoms with Gasteiger partial charge in [0.15, 0.2) is 18.1 Å². The van der Waals surface area contributed by atoms with Crippen LogP contribution in [-0.2, 0) is 19.1 Å². The molecule has 12 heteroatoms. The van der Waals surface area contributed by atoms with Gasteiger partial charge in [-0.05, 0) is 67.1 Å². The Morgan fingerprint density at radius 2 is 1.89 bits per heavy atom. The van der Waals surface area contributed by atoms with E-state index in [2.05, 4.69) is 10.1 Å². The monoisotopic (exact) mass is 552 g/mol. The van der Waals surface area contributed by atoms with Crippen LogP contribution in [0.15, 0.2) is 35.2 Å². The molecule has 3 rings (SSSR count). The van der Waals surface area contributed by atoms with Gasteiger partial charge >= 0.3 is 5.97 Å². The highest BCUT2D eigenvalue weighted by Gasteiger charge is 2.36. The summed E-state index contributed by atoms with van der Waals surface area (Å²) < 4.78 is 15.5. The fourth-order valence-electron chi connectivity index (χ4n) is 3.11. The van der Waals surface area contributed by atoms with Crippen molar-refractivity contribution < 1.29 is 33.4 Å². The molecule has 0 spiro atoms. The van der Waals surface area contributed by atoms with E-state index in [-0.39, 0.29) is 34.6 Å². The summed E-state index contributed by atoms with van der Waals surface area (Å²) in [4.78, 5) is 50.2. The van der Waals surface area contributed by atoms with Gasteiger partial charge in [-0.3, -0.25) is 19.3 Å². The molecule has 3 amide bonds. The van der Waals surface area contributed by atoms with Gasteiger partial charge in [-0.2, -0.15) is 0 Å². The topological polar surface area (TPSA) is 111 Å². The third kappa shape index (κ3) is 6.71. The van der Waals surface area contributed by atoms with Gasteiger partial charge in [-0.25, -0.2) is 4.79 Å². The van der Waals surface area contributed by atoms with E-state index in [1.54, 1.807) is 38.1 Å². The lowest BCUT2D eigenvalue weighted by molar-refractivity contribution is -0.143. The average molecular weight is 553 g/mol. The first-order chi connectivity index (χ1) is 17.1. The summed E-state index contributed by atoms with van der Waals surface area (Å²) in [5.74, 6) is -1.38. The smallest absolute Gasteiger partial charge is 0.343 e. The van der Waals surface area contributed by atoms with Crippen molar-refractivity contribution in [1.29, 1.82) is 0 Å². The van der Waals surface area contributed by atoms with Crippen LogP contribution in [0.2, 0.25) is 10.0 Å². The molecule has 0 saturated carbocycles. The number of benzene rings is 2. The highest BCUT2D eigenvalue weighted by molar-refractivity contribution is 8.18. The van der Waals surface area contributed by atoms with Gasteiger partial charge in [0.2, 0.25) is 5.91 Å². The Kier molecular flexibility index (Phi) is 9.25. The van der Waals surface area contributed by atoms with Gasteiger partial charge in [0.05, 0.1) is 23.6 Å². The van der Waals surface area contributed by atoms with Crippen molar-refractivity contribution in [3.63, 3.8) is 0 Å². The van der Waals surface area contributed by atoms with Crippen molar-refractivity contribution in [2.75, 3.05) is 32.2 Å². The molecule has 0 radical (unpaired) electrons. The summed E-state index contributed by atoms with van der Waals surface area (Å²) in [6.07, 6.45) is 1.46. The molecule has 1 aliphatic rings. The Morgan fingerprint density at radius 3 is 2.58 bits per heavy atom. The number of nitrogens with one attached hydrogen (secondary N) is 1. The minimum atomic E-state index is -0.622. The lowest BCUT2D eigenvalue weighted by atomic mass is 10.1. The van der Waals surface area contributed by atoms with E-state index < -0.39 is 29.6 Å². The van der Waals surface area contributed by atoms with Crippen molar-refractivity contribution in [2.45, 2.75) is 13.8 Å². The fraction of sp³-hybridized carbons (Fsp3) is 0.250. The highest BCUT2D eigenvalue weighted by atomic mass is 35.5. The maximum absolute atomic E-state index is 12.9. The quantitative estimate of drug-likeness (QED) is 0.344. The normalized spacial score (nSPS) is 14.2. The molecule has 0 unspecified atom stereocenters. The van der Waals surface area contributed by atoms with Gasteiger partial charge in [0.25, 0.3) is 11.1 Å². The molecule has 1 fully saturated rings. The zero-order valence-electron chi connectivity index (χ0n) is 19.6. The number of anilines is 1. The third-order valence-corrected chi connectivity index (χ3v) is 6.26. The molecule has 2 aromatic rings. The van der Waals surface area contributed by atoms with Crippen LogP contribution in [0.3, 0.4) is 0 Å². The first kappa shape index (κ1) is 27.4. The number of aryl methyl sites for hydroxylation is 1. The van der Waals surface area contributed by atoms with Gasteiger partial charge in [-0.1, -0.05) is 29.3 Å². The van der Waals surface area contributed by atoms with Crippen molar-refractivity contribution >= 4 is 69.8 Å². The second kappa shape index (κ2) is 12.2. The van der Waals surface area contributed by atoms with Gasteiger partial charge < -0.3 is 19.5 Å². The van der Waals surface area contributed by atoms with Crippen LogP contribution in [0.4, 0.5) is 10.5 Å². The molecule has 9 nitrogen and oxygen atoms in total. The number of thioether (sulfide) groups is 1. The Bertz CT molecular complexity index is 1250. The van der Waals surface area contributed by atoms with Gasteiger partial charge in [-0.15, -0.1) is 0 Å². The van der Waals surface area contributed by atoms with E-state index in [4.69, 9.17) is 32.7 Å². The summed E-state index contributed by atoms with van der Waals surface area (Å²) in [6, 6.07) is 8.08. The maximum atomic E-state index is 12.9. The van der Waals surface area contributed by atoms with Gasteiger partial charge in [0.1, 0.15) is 6.54 Å². The molecular weight excluding hydrogens is 531 g/mol. The van der Waals surface area contributed by atoms with Crippen LogP contribution >= 0.6 is 35.0 Å². The average Bonchev–Trinajstić information content (AvgIpc) is 3.08. The number of nitrogens with zero attached hydrogens (tertiary/aromatic N) is 1. The number of carbonyl (C=O) groups excluding carboxylic acids is 4. The van der Waals surface area contributed by atoms with E-state index in [1.165, 1.54) is 19.3 Å². The highest BCUT2D eigenvalue weighted by Crippen LogP contribution is 2.39. The number of methoxy groups -OCH3 is 1. The number of esters is 1. The Morgan fingerprint density at radius 1 is 1.14 bits per heavy atom. The zero-order valence-corrected chi connectivity index (χ0v) is 21.9. The summed E-state index contributed by atoms with van der Waals surface area (Å²) >= 11 is 13.0. The lowest BCUT2D eigenvalue weighted by Crippen LogP contribution is -2.36. The largest absolute Gasteiger partial charge is 0.490 e. The minimum absolute atomic E-state index is 0.105. The molecule has 0 aliphatic carbocycles. The van der Waals surface area contributed by atoms with Crippen LogP contribution in [-0.4, -0.2) is 54.8 Å². The maximum Gasteiger partial charge on any atom is 0.343 e. The predicted molar refractivity (Wildman–Crippen MR) is 138 cm³/mol. The van der Waals surface area contributed by atoms with Crippen molar-refractivity contribution in [2.24, 2.45) is 0 Å². The molecule has 1 N–H and O–H groups in total. The number of ether oxygens (including phenoxy) is 3. The number of hydrogen-bond acceptors (Lipinski definition) is 8. The van der Waals surface area contributed by atoms with E-state index >= 15 is 0 Å². The number of imide groups is 1. The van der Waals surface area contributed by atoms with E-state index in [0.29, 0.717) is 28.0 Å². The van der Waals surface area contributed by atoms with Gasteiger partial charge in [0, 0.05) is 10.7 Å². The number of hydrogen-bond donors (Lipinski definition) is 1. The SMILES string of the molecule is CCOc1cc(/C=C2\SC(=O)N(CC(=O)Nc3cc(Cl)ccc3C)C2=O)cc(Cl)c1OCC(=O)OC. The molecule has 190 valence electrons. The molecule has 1 aliphatic heterocycles. The summed E-state index contributed by atoms with van der Waals surface area (Å²) in [5.41, 5.74) is 1.73. The molecule has 0 aromatic heterocycles. The molecule has 0 atom stereocenters. The Balaban J connectivity index is 1.77. The summed E-state index contributed by atoms with van der Waals surface area (Å²) in [6.45, 7) is 3.00. The lowest BCUT2D eigenvalue weighted by Gasteiger charge is -2.14. The van der Waals surface area contributed by atoms with Crippen LogP contribution in [0.5, 0.6) is 11.5 Å². The van der Waals surface area contributed by atoms with Crippen LogP contribution in [0.25, 0.3) is 6.08 Å². The van der Waals surface area contributed by atoms with E-state index in [0.717, 1.165) is 10.5 Å². The number of halogens is 2. The summed E-state index contributed by atoms with van der Waals surface area (Å²) in [5, 5.41) is 2.65. The van der Waals surface area contributed by atoms with Crippen molar-refractivity contribution in [3.8, 4) is 11.5 Å². The zero-order chi connectivity index (χ0) is 26.4. The molecule has 2 aromatic carbocycles. The second-order valence-electron chi connectivity index (χ2n) is 7.40. The number of carbonyl (C=O) groups is 4. The third-order valence-electron chi connectivity index (χ3n) is 4.84. The Labute approximate surface area is 221 Å². The molecule has 1 heterocycles. The van der Waals surface area contributed by atoms with E-state index in [9.17, 15) is 19.2 Å². The minimum Gasteiger partial charge on any atom is -0.490 e. The first-order valence-electron chi connectivity index (χ1n) is 10.6. The fourth-order valence-corrected chi connectivity index (χ4v) is 4.40. The molecule has 36 heavy (non-hydrogen) atoms. The summed E-state index contributed by atoms with van der Waals surface area (Å²) in [7, 11) is 1.23. The van der Waals surface area contributed by atoms with Crippen LogP contribution < -0.4 is 14.8 Å². The Hall–Kier alpha value is -3.21. The number of amides is 3. The molecule has 0 bridgehead atoms. The second-order valence-corrected chi connectivity index (χ2v) is 9.24. The van der Waals surface area contributed by atoms with Crippen molar-refractivity contribution in [1.82, 2.24) is 4.90 Å². The predicted octanol–water partition coefficient (Wildman–Crippen LogP) is 4.93. The standard InChI is InChI=1S/C24H22Cl2N2O7S/c1-4-34-18-8-14(7-16(26)22(18)35-12-21(30)33-3)9-19-23(31)28(24(32)36-19)11-20(29)27-17-10-15(25)6-5-13(17)2/h5-10H,4,11-12H2,1-3H3,(H,27,29)/b19-9-. The van der Waals surface area contributed by atoms with E-state index in [1.807, 2.05) is 0 Å². The van der Waals surface area contributed by atoms with Crippen LogP contribution in [0.1, 0.15) is 18.1 Å². The number of rotatable bonds is 9. The van der Waals surface area contributed by atoms with Crippen molar-refractivity contribution in [3.05, 3.63) is 56.4 Å². The molecular formula is C24H22Cl2N2O7S. The molecule has 1 saturated heterocycles. The first-order valence-corrected chi connectivity index (χ1v) is 12.2. The van der Waals surface area contributed by atoms with Crippen LogP contribution in [0, 0.1) is 6.92 Å².